The highest BCUT2D eigenvalue weighted by atomic mass is 35.5. The molecular formula is C19H16ClF2N5O. The average molecular weight is 404 g/mol. The van der Waals surface area contributed by atoms with Gasteiger partial charge in [-0.3, -0.25) is 9.78 Å². The Kier molecular flexibility index (Phi) is 5.06. The topological polar surface area (TPSA) is 63.1 Å². The molecule has 0 spiro atoms. The second-order valence-corrected chi connectivity index (χ2v) is 6.77. The fourth-order valence-corrected chi connectivity index (χ4v) is 3.26. The van der Waals surface area contributed by atoms with Gasteiger partial charge in [0.2, 0.25) is 0 Å². The largest absolute Gasteiger partial charge is 0.335 e. The molecule has 4 rings (SSSR count). The van der Waals surface area contributed by atoms with Crippen molar-refractivity contribution in [1.82, 2.24) is 25.0 Å². The minimum absolute atomic E-state index is 0.0775. The zero-order valence-corrected chi connectivity index (χ0v) is 15.5. The van der Waals surface area contributed by atoms with Crippen LogP contribution in [-0.4, -0.2) is 51.8 Å². The molecule has 3 aromatic rings. The van der Waals surface area contributed by atoms with E-state index in [1.165, 1.54) is 35.1 Å². The van der Waals surface area contributed by atoms with Crippen molar-refractivity contribution in [3.63, 3.8) is 0 Å². The molecule has 1 fully saturated rings. The molecule has 1 aromatic carbocycles. The molecule has 9 heteroatoms. The average Bonchev–Trinajstić information content (AvgIpc) is 3.15. The van der Waals surface area contributed by atoms with E-state index >= 15 is 0 Å². The van der Waals surface area contributed by atoms with Crippen LogP contribution in [0.25, 0.3) is 16.9 Å². The molecule has 2 aromatic heterocycles. The molecule has 6 nitrogen and oxygen atoms in total. The molecule has 0 unspecified atom stereocenters. The zero-order chi connectivity index (χ0) is 19.7. The summed E-state index contributed by atoms with van der Waals surface area (Å²) in [7, 11) is 0. The number of pyridine rings is 1. The summed E-state index contributed by atoms with van der Waals surface area (Å²) in [6, 6.07) is 6.98. The third kappa shape index (κ3) is 3.61. The summed E-state index contributed by atoms with van der Waals surface area (Å²) in [6.45, 7) is 2.57. The Bertz CT molecular complexity index is 1030. The van der Waals surface area contributed by atoms with E-state index in [1.807, 2.05) is 0 Å². The van der Waals surface area contributed by atoms with Crippen LogP contribution in [0.2, 0.25) is 5.02 Å². The standard InChI is InChI=1S/C19H16ClF2N5O/c20-15-8-14(1-2-16(15)22)27-18(12-7-13(21)11-24-10-12)9-17(25-27)19(28)26-5-3-23-4-6-26/h1-2,7-11,23H,3-6H2. The summed E-state index contributed by atoms with van der Waals surface area (Å²) < 4.78 is 28.7. The first kappa shape index (κ1) is 18.5. The normalized spacial score (nSPS) is 14.3. The van der Waals surface area contributed by atoms with Gasteiger partial charge < -0.3 is 10.2 Å². The number of amides is 1. The first-order chi connectivity index (χ1) is 13.5. The lowest BCUT2D eigenvalue weighted by atomic mass is 10.2. The highest BCUT2D eigenvalue weighted by Gasteiger charge is 2.23. The van der Waals surface area contributed by atoms with Crippen LogP contribution >= 0.6 is 11.6 Å². The smallest absolute Gasteiger partial charge is 0.274 e. The number of carbonyl (C=O) groups excluding carboxylic acids is 1. The van der Waals surface area contributed by atoms with E-state index in [0.717, 1.165) is 6.20 Å². The molecule has 1 aliphatic heterocycles. The molecule has 0 atom stereocenters. The van der Waals surface area contributed by atoms with Crippen LogP contribution in [0.3, 0.4) is 0 Å². The fourth-order valence-electron chi connectivity index (χ4n) is 3.09. The van der Waals surface area contributed by atoms with Crippen LogP contribution in [-0.2, 0) is 0 Å². The maximum atomic E-state index is 13.7. The highest BCUT2D eigenvalue weighted by molar-refractivity contribution is 6.30. The van der Waals surface area contributed by atoms with Gasteiger partial charge in [0.1, 0.15) is 11.6 Å². The van der Waals surface area contributed by atoms with Crippen LogP contribution in [0.1, 0.15) is 10.5 Å². The Morgan fingerprint density at radius 1 is 1.11 bits per heavy atom. The molecule has 144 valence electrons. The summed E-state index contributed by atoms with van der Waals surface area (Å²) in [4.78, 5) is 18.4. The number of benzene rings is 1. The molecule has 1 saturated heterocycles. The fraction of sp³-hybridized carbons (Fsp3) is 0.211. The third-order valence-electron chi connectivity index (χ3n) is 4.48. The predicted octanol–water partition coefficient (Wildman–Crippen LogP) is 2.91. The molecular weight excluding hydrogens is 388 g/mol. The first-order valence-corrected chi connectivity index (χ1v) is 9.07. The van der Waals surface area contributed by atoms with Crippen LogP contribution < -0.4 is 5.32 Å². The van der Waals surface area contributed by atoms with Gasteiger partial charge in [-0.2, -0.15) is 5.10 Å². The van der Waals surface area contributed by atoms with Crippen LogP contribution in [0.15, 0.2) is 42.7 Å². The Balaban J connectivity index is 1.81. The number of aromatic nitrogens is 3. The predicted molar refractivity (Wildman–Crippen MR) is 100 cm³/mol. The van der Waals surface area contributed by atoms with Gasteiger partial charge in [0.25, 0.3) is 5.91 Å². The van der Waals surface area contributed by atoms with Crippen LogP contribution in [0, 0.1) is 11.6 Å². The maximum absolute atomic E-state index is 13.7. The van der Waals surface area contributed by atoms with Crippen LogP contribution in [0.4, 0.5) is 8.78 Å². The van der Waals surface area contributed by atoms with Crippen molar-refractivity contribution in [3.8, 4) is 16.9 Å². The van der Waals surface area contributed by atoms with Crippen molar-refractivity contribution < 1.29 is 13.6 Å². The number of hydrogen-bond acceptors (Lipinski definition) is 4. The summed E-state index contributed by atoms with van der Waals surface area (Å²) in [5.41, 5.74) is 1.55. The number of carbonyl (C=O) groups is 1. The molecule has 0 aliphatic carbocycles. The quantitative estimate of drug-likeness (QED) is 0.730. The Hall–Kier alpha value is -2.84. The molecule has 1 amide bonds. The van der Waals surface area contributed by atoms with Crippen LogP contribution in [0.5, 0.6) is 0 Å². The van der Waals surface area contributed by atoms with Gasteiger partial charge in [0.05, 0.1) is 22.6 Å². The second-order valence-electron chi connectivity index (χ2n) is 6.36. The van der Waals surface area contributed by atoms with Gasteiger partial charge in [-0.1, -0.05) is 11.6 Å². The molecule has 0 radical (unpaired) electrons. The van der Waals surface area contributed by atoms with Gasteiger partial charge in [0.15, 0.2) is 5.69 Å². The van der Waals surface area contributed by atoms with E-state index in [2.05, 4.69) is 15.4 Å². The summed E-state index contributed by atoms with van der Waals surface area (Å²) in [6.07, 6.45) is 2.56. The monoisotopic (exact) mass is 403 g/mol. The number of nitrogens with one attached hydrogen (secondary N) is 1. The number of halogens is 3. The van der Waals surface area contributed by atoms with E-state index < -0.39 is 11.6 Å². The van der Waals surface area contributed by atoms with Crippen molar-refractivity contribution in [3.05, 3.63) is 65.1 Å². The van der Waals surface area contributed by atoms with Crippen molar-refractivity contribution in [1.29, 1.82) is 0 Å². The Labute approximate surface area is 164 Å². The summed E-state index contributed by atoms with van der Waals surface area (Å²) in [5.74, 6) is -1.31. The van der Waals surface area contributed by atoms with Gasteiger partial charge in [-0.05, 0) is 30.3 Å². The molecule has 3 heterocycles. The SMILES string of the molecule is O=C(c1cc(-c2cncc(F)c2)n(-c2ccc(F)c(Cl)c2)n1)N1CCNCC1. The molecule has 0 saturated carbocycles. The second kappa shape index (κ2) is 7.65. The summed E-state index contributed by atoms with van der Waals surface area (Å²) >= 11 is 5.91. The number of nitrogens with zero attached hydrogens (tertiary/aromatic N) is 4. The number of rotatable bonds is 3. The van der Waals surface area contributed by atoms with Crippen molar-refractivity contribution in [2.45, 2.75) is 0 Å². The zero-order valence-electron chi connectivity index (χ0n) is 14.7. The minimum atomic E-state index is -0.566. The van der Waals surface area contributed by atoms with E-state index in [0.29, 0.717) is 43.1 Å². The van der Waals surface area contributed by atoms with Gasteiger partial charge >= 0.3 is 0 Å². The number of piperazine rings is 1. The molecule has 1 aliphatic rings. The van der Waals surface area contributed by atoms with E-state index in [-0.39, 0.29) is 16.6 Å². The minimum Gasteiger partial charge on any atom is -0.335 e. The van der Waals surface area contributed by atoms with Crippen molar-refractivity contribution in [2.75, 3.05) is 26.2 Å². The van der Waals surface area contributed by atoms with Gasteiger partial charge in [0, 0.05) is 37.9 Å². The van der Waals surface area contributed by atoms with Gasteiger partial charge in [-0.15, -0.1) is 0 Å². The molecule has 1 N–H and O–H groups in total. The molecule has 0 bridgehead atoms. The first-order valence-electron chi connectivity index (χ1n) is 8.69. The summed E-state index contributed by atoms with van der Waals surface area (Å²) in [5, 5.41) is 7.52. The van der Waals surface area contributed by atoms with E-state index in [9.17, 15) is 13.6 Å². The Morgan fingerprint density at radius 2 is 1.89 bits per heavy atom. The Morgan fingerprint density at radius 3 is 2.61 bits per heavy atom. The highest BCUT2D eigenvalue weighted by Crippen LogP contribution is 2.27. The van der Waals surface area contributed by atoms with Crippen molar-refractivity contribution >= 4 is 17.5 Å². The lowest BCUT2D eigenvalue weighted by molar-refractivity contribution is 0.0729. The van der Waals surface area contributed by atoms with Crippen molar-refractivity contribution in [2.24, 2.45) is 0 Å². The lowest BCUT2D eigenvalue weighted by Gasteiger charge is -2.26. The van der Waals surface area contributed by atoms with Gasteiger partial charge in [-0.25, -0.2) is 13.5 Å². The lowest BCUT2D eigenvalue weighted by Crippen LogP contribution is -2.46. The maximum Gasteiger partial charge on any atom is 0.274 e. The third-order valence-corrected chi connectivity index (χ3v) is 4.77. The molecule has 28 heavy (non-hydrogen) atoms. The van der Waals surface area contributed by atoms with E-state index in [1.54, 1.807) is 11.0 Å². The number of hydrogen-bond donors (Lipinski definition) is 1. The van der Waals surface area contributed by atoms with E-state index in [4.69, 9.17) is 11.6 Å².